The van der Waals surface area contributed by atoms with Crippen molar-refractivity contribution in [3.8, 4) is 0 Å². The van der Waals surface area contributed by atoms with Gasteiger partial charge in [0.05, 0.1) is 0 Å². The van der Waals surface area contributed by atoms with E-state index in [1.54, 1.807) is 0 Å². The smallest absolute Gasteiger partial charge is 0.306 e. The highest BCUT2D eigenvalue weighted by Crippen LogP contribution is 2.18. The fourth-order valence-corrected chi connectivity index (χ4v) is 5.45. The average Bonchev–Trinajstić information content (AvgIpc) is 2.97. The number of unbranched alkanes of at least 4 members (excludes halogenated alkanes) is 20. The van der Waals surface area contributed by atoms with Crippen LogP contribution in [0.4, 0.5) is 0 Å². The van der Waals surface area contributed by atoms with Crippen molar-refractivity contribution in [2.75, 3.05) is 0 Å². The maximum Gasteiger partial charge on any atom is 0.306 e. The number of allylic oxidation sites excluding steroid dienone is 4. The lowest BCUT2D eigenvalue weighted by atomic mass is 10.0. The summed E-state index contributed by atoms with van der Waals surface area (Å²) in [6, 6.07) is 0. The van der Waals surface area contributed by atoms with E-state index in [1.165, 1.54) is 96.3 Å². The highest BCUT2D eigenvalue weighted by atomic mass is 16.5. The van der Waals surface area contributed by atoms with Crippen LogP contribution in [-0.4, -0.2) is 23.1 Å². The minimum atomic E-state index is -0.694. The monoisotopic (exact) mass is 591 g/mol. The highest BCUT2D eigenvalue weighted by Gasteiger charge is 2.14. The first-order valence-corrected chi connectivity index (χ1v) is 18.3. The molecule has 246 valence electrons. The molecule has 0 radical (unpaired) electrons. The molecule has 0 aliphatic rings. The number of carboxylic acids is 1. The summed E-state index contributed by atoms with van der Waals surface area (Å²) in [5.74, 6) is -0.692. The number of hydrogen-bond acceptors (Lipinski definition) is 3. The van der Waals surface area contributed by atoms with Crippen molar-refractivity contribution in [3.05, 3.63) is 24.3 Å². The molecule has 0 fully saturated rings. The summed E-state index contributed by atoms with van der Waals surface area (Å²) in [5, 5.41) is 8.75. The van der Waals surface area contributed by atoms with Gasteiger partial charge in [-0.3, -0.25) is 9.59 Å². The molecule has 0 heterocycles. The second-order valence-electron chi connectivity index (χ2n) is 12.4. The molecule has 0 aromatic carbocycles. The van der Waals surface area contributed by atoms with Gasteiger partial charge >= 0.3 is 11.9 Å². The molecule has 0 spiro atoms. The summed E-state index contributed by atoms with van der Waals surface area (Å²) >= 11 is 0. The fraction of sp³-hybridized carbons (Fsp3) is 0.842. The van der Waals surface area contributed by atoms with Gasteiger partial charge in [-0.25, -0.2) is 0 Å². The van der Waals surface area contributed by atoms with Gasteiger partial charge in [-0.05, 0) is 70.6 Å². The first-order valence-electron chi connectivity index (χ1n) is 18.3. The second kappa shape index (κ2) is 33.9. The molecule has 4 nitrogen and oxygen atoms in total. The molecular formula is C38H70O4. The van der Waals surface area contributed by atoms with Gasteiger partial charge in [0.15, 0.2) is 0 Å². The number of ether oxygens (including phenoxy) is 1. The largest absolute Gasteiger partial charge is 0.481 e. The van der Waals surface area contributed by atoms with Crippen LogP contribution in [0.3, 0.4) is 0 Å². The third kappa shape index (κ3) is 32.9. The van der Waals surface area contributed by atoms with Crippen LogP contribution < -0.4 is 0 Å². The molecule has 1 atom stereocenters. The quantitative estimate of drug-likeness (QED) is 0.0469. The van der Waals surface area contributed by atoms with E-state index in [0.29, 0.717) is 6.42 Å². The Morgan fingerprint density at radius 3 is 1.45 bits per heavy atom. The zero-order valence-electron chi connectivity index (χ0n) is 28.1. The Morgan fingerprint density at radius 1 is 0.524 bits per heavy atom. The standard InChI is InChI=1S/C38H70O4/c1-3-5-7-9-11-12-13-14-15-16-17-18-19-20-21-27-31-35-38(41)42-36(32-28-24-10-8-6-4-2)33-29-25-22-23-26-30-34-37(39)40/h11-12,14-15,36H,3-10,13,16-35H2,1-2H3,(H,39,40)/b12-11-,15-14-. The Kier molecular flexibility index (Phi) is 32.6. The molecule has 0 aromatic rings. The van der Waals surface area contributed by atoms with Crippen LogP contribution in [0.1, 0.15) is 200 Å². The van der Waals surface area contributed by atoms with Crippen LogP contribution in [0.5, 0.6) is 0 Å². The van der Waals surface area contributed by atoms with Gasteiger partial charge in [-0.15, -0.1) is 0 Å². The Labute approximate surface area is 261 Å². The van der Waals surface area contributed by atoms with Gasteiger partial charge in [-0.1, -0.05) is 141 Å². The summed E-state index contributed by atoms with van der Waals surface area (Å²) in [7, 11) is 0. The Bertz CT molecular complexity index is 639. The third-order valence-corrected chi connectivity index (χ3v) is 8.18. The van der Waals surface area contributed by atoms with Gasteiger partial charge in [-0.2, -0.15) is 0 Å². The van der Waals surface area contributed by atoms with Crippen LogP contribution in [0.2, 0.25) is 0 Å². The van der Waals surface area contributed by atoms with Gasteiger partial charge in [0.2, 0.25) is 0 Å². The van der Waals surface area contributed by atoms with Gasteiger partial charge in [0.25, 0.3) is 0 Å². The average molecular weight is 591 g/mol. The normalized spacial score (nSPS) is 12.4. The Hall–Kier alpha value is -1.58. The van der Waals surface area contributed by atoms with E-state index in [1.807, 2.05) is 0 Å². The lowest BCUT2D eigenvalue weighted by molar-refractivity contribution is -0.150. The molecule has 1 N–H and O–H groups in total. The second-order valence-corrected chi connectivity index (χ2v) is 12.4. The number of esters is 1. The van der Waals surface area contributed by atoms with Gasteiger partial charge in [0, 0.05) is 12.8 Å². The molecule has 4 heteroatoms. The molecule has 1 unspecified atom stereocenters. The van der Waals surface area contributed by atoms with Crippen molar-refractivity contribution >= 4 is 11.9 Å². The first-order chi connectivity index (χ1) is 20.6. The van der Waals surface area contributed by atoms with Crippen molar-refractivity contribution < 1.29 is 19.4 Å². The minimum absolute atomic E-state index is 0.00208. The molecular weight excluding hydrogens is 520 g/mol. The van der Waals surface area contributed by atoms with Crippen molar-refractivity contribution in [3.63, 3.8) is 0 Å². The lowest BCUT2D eigenvalue weighted by Crippen LogP contribution is -2.18. The molecule has 0 saturated carbocycles. The van der Waals surface area contributed by atoms with E-state index in [-0.39, 0.29) is 18.5 Å². The number of carboxylic acid groups (broad SMARTS) is 1. The van der Waals surface area contributed by atoms with E-state index < -0.39 is 5.97 Å². The van der Waals surface area contributed by atoms with Crippen LogP contribution in [-0.2, 0) is 14.3 Å². The van der Waals surface area contributed by atoms with Crippen LogP contribution in [0, 0.1) is 0 Å². The maximum absolute atomic E-state index is 12.6. The molecule has 0 aliphatic carbocycles. The zero-order chi connectivity index (χ0) is 30.8. The summed E-state index contributed by atoms with van der Waals surface area (Å²) in [4.78, 5) is 23.2. The SMILES string of the molecule is CCCCC/C=C\C/C=C\CCCCCCCCCC(=O)OC(CCCCCCCC)CCCCCCCCC(=O)O. The topological polar surface area (TPSA) is 63.6 Å². The summed E-state index contributed by atoms with van der Waals surface area (Å²) < 4.78 is 5.96. The predicted molar refractivity (Wildman–Crippen MR) is 181 cm³/mol. The van der Waals surface area contributed by atoms with Crippen molar-refractivity contribution in [1.29, 1.82) is 0 Å². The fourth-order valence-electron chi connectivity index (χ4n) is 5.45. The van der Waals surface area contributed by atoms with Crippen molar-refractivity contribution in [2.45, 2.75) is 206 Å². The van der Waals surface area contributed by atoms with Crippen molar-refractivity contribution in [2.24, 2.45) is 0 Å². The van der Waals surface area contributed by atoms with E-state index in [9.17, 15) is 9.59 Å². The maximum atomic E-state index is 12.6. The van der Waals surface area contributed by atoms with Crippen LogP contribution >= 0.6 is 0 Å². The third-order valence-electron chi connectivity index (χ3n) is 8.18. The van der Waals surface area contributed by atoms with Gasteiger partial charge < -0.3 is 9.84 Å². The predicted octanol–water partition coefficient (Wildman–Crippen LogP) is 12.4. The number of rotatable bonds is 33. The number of carbonyl (C=O) groups excluding carboxylic acids is 1. The first kappa shape index (κ1) is 40.4. The van der Waals surface area contributed by atoms with E-state index in [0.717, 1.165) is 77.0 Å². The van der Waals surface area contributed by atoms with Gasteiger partial charge in [0.1, 0.15) is 6.10 Å². The summed E-state index contributed by atoms with van der Waals surface area (Å²) in [6.07, 6.45) is 42.0. The molecule has 42 heavy (non-hydrogen) atoms. The van der Waals surface area contributed by atoms with Crippen LogP contribution in [0.15, 0.2) is 24.3 Å². The molecule has 0 aromatic heterocycles. The number of aliphatic carboxylic acids is 1. The Morgan fingerprint density at radius 2 is 0.929 bits per heavy atom. The minimum Gasteiger partial charge on any atom is -0.481 e. The number of hydrogen-bond donors (Lipinski definition) is 1. The van der Waals surface area contributed by atoms with E-state index >= 15 is 0 Å². The van der Waals surface area contributed by atoms with E-state index in [2.05, 4.69) is 38.2 Å². The molecule has 0 aliphatic heterocycles. The Balaban J connectivity index is 3.91. The van der Waals surface area contributed by atoms with Crippen molar-refractivity contribution in [1.82, 2.24) is 0 Å². The molecule has 0 amide bonds. The number of carbonyl (C=O) groups is 2. The van der Waals surface area contributed by atoms with Crippen LogP contribution in [0.25, 0.3) is 0 Å². The zero-order valence-corrected chi connectivity index (χ0v) is 28.1. The van der Waals surface area contributed by atoms with E-state index in [4.69, 9.17) is 9.84 Å². The summed E-state index contributed by atoms with van der Waals surface area (Å²) in [6.45, 7) is 4.50. The lowest BCUT2D eigenvalue weighted by Gasteiger charge is -2.18. The molecule has 0 rings (SSSR count). The highest BCUT2D eigenvalue weighted by molar-refractivity contribution is 5.69. The summed E-state index contributed by atoms with van der Waals surface area (Å²) in [5.41, 5.74) is 0. The molecule has 0 bridgehead atoms. The molecule has 0 saturated heterocycles.